The van der Waals surface area contributed by atoms with E-state index in [1.54, 1.807) is 6.07 Å². The number of ether oxygens (including phenoxy) is 1. The largest absolute Gasteiger partial charge is 0.378 e. The van der Waals surface area contributed by atoms with E-state index in [0.717, 1.165) is 24.0 Å². The molecule has 0 saturated carbocycles. The van der Waals surface area contributed by atoms with Gasteiger partial charge in [-0.2, -0.15) is 0 Å². The van der Waals surface area contributed by atoms with Crippen molar-refractivity contribution in [2.45, 2.75) is 31.7 Å². The first-order valence-corrected chi connectivity index (χ1v) is 10.8. The first-order chi connectivity index (χ1) is 15.1. The number of amides is 3. The molecule has 2 heterocycles. The molecule has 2 aromatic carbocycles. The zero-order valence-electron chi connectivity index (χ0n) is 17.6. The van der Waals surface area contributed by atoms with Gasteiger partial charge in [-0.1, -0.05) is 24.3 Å². The highest BCUT2D eigenvalue weighted by Gasteiger charge is 2.29. The van der Waals surface area contributed by atoms with Crippen LogP contribution in [0.15, 0.2) is 48.5 Å². The van der Waals surface area contributed by atoms with Gasteiger partial charge in [0.1, 0.15) is 5.82 Å². The molecular weight excluding hydrogens is 397 g/mol. The van der Waals surface area contributed by atoms with Gasteiger partial charge in [0.15, 0.2) is 0 Å². The molecule has 164 valence electrons. The third-order valence-electron chi connectivity index (χ3n) is 5.92. The van der Waals surface area contributed by atoms with Crippen molar-refractivity contribution >= 4 is 17.6 Å². The molecular formula is C24H28FN3O3. The highest BCUT2D eigenvalue weighted by atomic mass is 19.1. The summed E-state index contributed by atoms with van der Waals surface area (Å²) in [7, 11) is 0. The van der Waals surface area contributed by atoms with Crippen molar-refractivity contribution in [2.24, 2.45) is 0 Å². The predicted molar refractivity (Wildman–Crippen MR) is 116 cm³/mol. The minimum absolute atomic E-state index is 0.0622. The number of rotatable bonds is 5. The first kappa shape index (κ1) is 21.3. The second kappa shape index (κ2) is 9.92. The lowest BCUT2D eigenvalue weighted by molar-refractivity contribution is -0.134. The van der Waals surface area contributed by atoms with Crippen molar-refractivity contribution in [3.05, 3.63) is 65.5 Å². The van der Waals surface area contributed by atoms with E-state index in [1.165, 1.54) is 12.1 Å². The summed E-state index contributed by atoms with van der Waals surface area (Å²) in [5.41, 5.74) is 2.52. The van der Waals surface area contributed by atoms with Crippen molar-refractivity contribution in [2.75, 3.05) is 38.2 Å². The van der Waals surface area contributed by atoms with Gasteiger partial charge in [-0.15, -0.1) is 0 Å². The highest BCUT2D eigenvalue weighted by molar-refractivity contribution is 5.90. The van der Waals surface area contributed by atoms with Crippen LogP contribution < -0.4 is 5.32 Å². The minimum Gasteiger partial charge on any atom is -0.378 e. The topological polar surface area (TPSA) is 61.9 Å². The number of likely N-dealkylation sites (tertiary alicyclic amines) is 1. The summed E-state index contributed by atoms with van der Waals surface area (Å²) >= 11 is 0. The predicted octanol–water partition coefficient (Wildman–Crippen LogP) is 3.47. The van der Waals surface area contributed by atoms with Crippen molar-refractivity contribution in [1.82, 2.24) is 9.80 Å². The van der Waals surface area contributed by atoms with E-state index in [0.29, 0.717) is 51.4 Å². The molecule has 2 fully saturated rings. The molecule has 31 heavy (non-hydrogen) atoms. The van der Waals surface area contributed by atoms with E-state index in [2.05, 4.69) is 5.32 Å². The Bertz CT molecular complexity index is 913. The van der Waals surface area contributed by atoms with Gasteiger partial charge < -0.3 is 19.9 Å². The van der Waals surface area contributed by atoms with Gasteiger partial charge in [0.25, 0.3) is 0 Å². The van der Waals surface area contributed by atoms with E-state index >= 15 is 0 Å². The molecule has 6 nitrogen and oxygen atoms in total. The zero-order valence-corrected chi connectivity index (χ0v) is 17.6. The Labute approximate surface area is 182 Å². The smallest absolute Gasteiger partial charge is 0.322 e. The SMILES string of the molecule is O=C(Cc1ccc(NC(=O)N2CCCC2Cc2cccc(F)c2)cc1)N1CCOCC1. The van der Waals surface area contributed by atoms with Gasteiger partial charge in [-0.05, 0) is 54.7 Å². The van der Waals surface area contributed by atoms with E-state index < -0.39 is 0 Å². The second-order valence-electron chi connectivity index (χ2n) is 8.12. The fraction of sp³-hybridized carbons (Fsp3) is 0.417. The van der Waals surface area contributed by atoms with Crippen LogP contribution >= 0.6 is 0 Å². The van der Waals surface area contributed by atoms with Gasteiger partial charge in [-0.3, -0.25) is 4.79 Å². The average molecular weight is 426 g/mol. The quantitative estimate of drug-likeness (QED) is 0.798. The molecule has 4 rings (SSSR count). The number of hydrogen-bond acceptors (Lipinski definition) is 3. The van der Waals surface area contributed by atoms with Crippen LogP contribution in [0.4, 0.5) is 14.9 Å². The number of urea groups is 1. The summed E-state index contributed by atoms with van der Waals surface area (Å²) in [5, 5.41) is 2.96. The summed E-state index contributed by atoms with van der Waals surface area (Å²) < 4.78 is 18.8. The van der Waals surface area contributed by atoms with E-state index in [4.69, 9.17) is 4.74 Å². The third-order valence-corrected chi connectivity index (χ3v) is 5.92. The van der Waals surface area contributed by atoms with E-state index in [9.17, 15) is 14.0 Å². The Morgan fingerprint density at radius 2 is 1.81 bits per heavy atom. The van der Waals surface area contributed by atoms with Crippen LogP contribution in [-0.4, -0.2) is 60.6 Å². The van der Waals surface area contributed by atoms with Crippen molar-refractivity contribution in [1.29, 1.82) is 0 Å². The fourth-order valence-corrected chi connectivity index (χ4v) is 4.25. The van der Waals surface area contributed by atoms with Gasteiger partial charge >= 0.3 is 6.03 Å². The molecule has 1 N–H and O–H groups in total. The minimum atomic E-state index is -0.251. The number of nitrogens with one attached hydrogen (secondary N) is 1. The highest BCUT2D eigenvalue weighted by Crippen LogP contribution is 2.23. The molecule has 7 heteroatoms. The van der Waals surface area contributed by atoms with Crippen LogP contribution in [0, 0.1) is 5.82 Å². The van der Waals surface area contributed by atoms with Gasteiger partial charge in [0.2, 0.25) is 5.91 Å². The van der Waals surface area contributed by atoms with E-state index in [1.807, 2.05) is 40.1 Å². The Morgan fingerprint density at radius 3 is 2.55 bits per heavy atom. The summed E-state index contributed by atoms with van der Waals surface area (Å²) in [6.45, 7) is 3.15. The number of carbonyl (C=O) groups is 2. The Hall–Kier alpha value is -2.93. The summed E-state index contributed by atoms with van der Waals surface area (Å²) in [6, 6.07) is 13.9. The lowest BCUT2D eigenvalue weighted by Gasteiger charge is -2.27. The average Bonchev–Trinajstić information content (AvgIpc) is 3.24. The Kier molecular flexibility index (Phi) is 6.82. The standard InChI is InChI=1S/C24H28FN3O3/c25-20-4-1-3-19(15-20)16-22-5-2-10-28(22)24(30)26-21-8-6-18(7-9-21)17-23(29)27-11-13-31-14-12-27/h1,3-4,6-9,15,22H,2,5,10-14,16-17H2,(H,26,30). The number of nitrogens with zero attached hydrogens (tertiary/aromatic N) is 2. The summed E-state index contributed by atoms with van der Waals surface area (Å²) in [5.74, 6) is -0.156. The van der Waals surface area contributed by atoms with Gasteiger partial charge in [0.05, 0.1) is 19.6 Å². The monoisotopic (exact) mass is 425 g/mol. The number of morpholine rings is 1. The molecule has 0 aliphatic carbocycles. The third kappa shape index (κ3) is 5.61. The molecule has 2 aromatic rings. The molecule has 2 saturated heterocycles. The van der Waals surface area contributed by atoms with Crippen molar-refractivity contribution in [3.8, 4) is 0 Å². The van der Waals surface area contributed by atoms with Crippen LogP contribution in [-0.2, 0) is 22.4 Å². The molecule has 2 aliphatic rings. The Morgan fingerprint density at radius 1 is 1.03 bits per heavy atom. The number of benzene rings is 2. The van der Waals surface area contributed by atoms with Crippen molar-refractivity contribution < 1.29 is 18.7 Å². The molecule has 2 aliphatic heterocycles. The molecule has 3 amide bonds. The van der Waals surface area contributed by atoms with Crippen LogP contribution in [0.5, 0.6) is 0 Å². The number of carbonyl (C=O) groups excluding carboxylic acids is 2. The maximum Gasteiger partial charge on any atom is 0.322 e. The molecule has 0 bridgehead atoms. The van der Waals surface area contributed by atoms with Gasteiger partial charge in [0, 0.05) is 31.4 Å². The number of anilines is 1. The van der Waals surface area contributed by atoms with Crippen LogP contribution in [0.2, 0.25) is 0 Å². The maximum absolute atomic E-state index is 13.5. The zero-order chi connectivity index (χ0) is 21.6. The lowest BCUT2D eigenvalue weighted by Crippen LogP contribution is -2.41. The second-order valence-corrected chi connectivity index (χ2v) is 8.12. The molecule has 0 radical (unpaired) electrons. The summed E-state index contributed by atoms with van der Waals surface area (Å²) in [6.07, 6.45) is 2.84. The van der Waals surface area contributed by atoms with Crippen LogP contribution in [0.1, 0.15) is 24.0 Å². The maximum atomic E-state index is 13.5. The molecule has 0 aromatic heterocycles. The lowest BCUT2D eigenvalue weighted by atomic mass is 10.0. The molecule has 0 spiro atoms. The Balaban J connectivity index is 1.32. The number of halogens is 1. The summed E-state index contributed by atoms with van der Waals surface area (Å²) in [4.78, 5) is 28.9. The molecule has 1 unspecified atom stereocenters. The molecule has 1 atom stereocenters. The van der Waals surface area contributed by atoms with E-state index in [-0.39, 0.29) is 23.8 Å². The fourth-order valence-electron chi connectivity index (χ4n) is 4.25. The normalized spacial score (nSPS) is 18.8. The van der Waals surface area contributed by atoms with Crippen molar-refractivity contribution in [3.63, 3.8) is 0 Å². The van der Waals surface area contributed by atoms with Crippen LogP contribution in [0.3, 0.4) is 0 Å². The first-order valence-electron chi connectivity index (χ1n) is 10.8. The van der Waals surface area contributed by atoms with Gasteiger partial charge in [-0.25, -0.2) is 9.18 Å². The number of hydrogen-bond donors (Lipinski definition) is 1. The van der Waals surface area contributed by atoms with Crippen LogP contribution in [0.25, 0.3) is 0 Å².